The lowest BCUT2D eigenvalue weighted by Crippen LogP contribution is -2.46. The fraction of sp³-hybridized carbons (Fsp3) is 0.269. The number of hydrogen-bond acceptors (Lipinski definition) is 4. The second kappa shape index (κ2) is 9.98. The third-order valence-corrected chi connectivity index (χ3v) is 6.29. The molecule has 0 bridgehead atoms. The zero-order valence-electron chi connectivity index (χ0n) is 19.3. The van der Waals surface area contributed by atoms with Crippen LogP contribution in [0.1, 0.15) is 24.0 Å². The molecule has 2 amide bonds. The Hall–Kier alpha value is -3.92. The molecule has 1 aliphatic rings. The highest BCUT2D eigenvalue weighted by Crippen LogP contribution is 2.30. The highest BCUT2D eigenvalue weighted by atomic mass is 19.4. The van der Waals surface area contributed by atoms with Crippen molar-refractivity contribution in [3.63, 3.8) is 0 Å². The van der Waals surface area contributed by atoms with Crippen molar-refractivity contribution < 1.29 is 18.0 Å². The zero-order chi connectivity index (χ0) is 25.1. The van der Waals surface area contributed by atoms with Crippen LogP contribution in [0.25, 0.3) is 22.6 Å². The van der Waals surface area contributed by atoms with Crippen molar-refractivity contribution in [2.45, 2.75) is 31.6 Å². The number of rotatable bonds is 5. The Kier molecular flexibility index (Phi) is 6.60. The molecule has 10 heteroatoms. The number of halogens is 3. The summed E-state index contributed by atoms with van der Waals surface area (Å²) in [7, 11) is 0. The summed E-state index contributed by atoms with van der Waals surface area (Å²) in [5.41, 5.74) is 3.35. The number of nitrogens with zero attached hydrogens (tertiary/aromatic N) is 3. The molecule has 0 aliphatic carbocycles. The molecule has 0 unspecified atom stereocenters. The summed E-state index contributed by atoms with van der Waals surface area (Å²) in [6.07, 6.45) is -1.08. The van der Waals surface area contributed by atoms with Crippen molar-refractivity contribution in [1.29, 1.82) is 0 Å². The number of nitrogens with one attached hydrogen (secondary N) is 3. The molecular weight excluding hydrogens is 469 g/mol. The molecule has 2 aromatic heterocycles. The lowest BCUT2D eigenvalue weighted by Gasteiger charge is -2.32. The monoisotopic (exact) mass is 494 g/mol. The van der Waals surface area contributed by atoms with E-state index in [4.69, 9.17) is 0 Å². The number of alkyl halides is 3. The SMILES string of the molecule is O=C(Nc1ccc(C(F)(F)F)cc1)N1CCC(NCc2ccc3nc(-c4ccccn4)[nH]c3c2)CC1. The van der Waals surface area contributed by atoms with Gasteiger partial charge in [0, 0.05) is 37.6 Å². The van der Waals surface area contributed by atoms with Crippen LogP contribution in [0.5, 0.6) is 0 Å². The molecule has 3 N–H and O–H groups in total. The van der Waals surface area contributed by atoms with E-state index in [1.54, 1.807) is 11.1 Å². The van der Waals surface area contributed by atoms with Crippen LogP contribution < -0.4 is 10.6 Å². The maximum Gasteiger partial charge on any atom is 0.416 e. The minimum Gasteiger partial charge on any atom is -0.337 e. The van der Waals surface area contributed by atoms with E-state index in [1.807, 2.05) is 30.3 Å². The first-order valence-electron chi connectivity index (χ1n) is 11.7. The van der Waals surface area contributed by atoms with E-state index < -0.39 is 11.7 Å². The van der Waals surface area contributed by atoms with Gasteiger partial charge in [0.25, 0.3) is 0 Å². The van der Waals surface area contributed by atoms with E-state index in [2.05, 4.69) is 31.7 Å². The Morgan fingerprint density at radius 3 is 2.53 bits per heavy atom. The van der Waals surface area contributed by atoms with E-state index >= 15 is 0 Å². The molecule has 7 nitrogen and oxygen atoms in total. The van der Waals surface area contributed by atoms with Gasteiger partial charge in [-0.15, -0.1) is 0 Å². The number of hydrogen-bond donors (Lipinski definition) is 3. The molecule has 1 saturated heterocycles. The van der Waals surface area contributed by atoms with Gasteiger partial charge in [-0.25, -0.2) is 9.78 Å². The molecule has 0 atom stereocenters. The number of fused-ring (bicyclic) bond motifs is 1. The Morgan fingerprint density at radius 1 is 1.06 bits per heavy atom. The Balaban J connectivity index is 1.11. The van der Waals surface area contributed by atoms with Crippen LogP contribution in [0.4, 0.5) is 23.7 Å². The summed E-state index contributed by atoms with van der Waals surface area (Å²) in [6.45, 7) is 1.82. The van der Waals surface area contributed by atoms with Crippen LogP contribution >= 0.6 is 0 Å². The van der Waals surface area contributed by atoms with Gasteiger partial charge >= 0.3 is 12.2 Å². The van der Waals surface area contributed by atoms with E-state index in [9.17, 15) is 18.0 Å². The summed E-state index contributed by atoms with van der Waals surface area (Å²) < 4.78 is 38.1. The van der Waals surface area contributed by atoms with E-state index in [1.165, 1.54) is 12.1 Å². The number of aromatic nitrogens is 3. The van der Waals surface area contributed by atoms with Gasteiger partial charge in [0.2, 0.25) is 0 Å². The quantitative estimate of drug-likeness (QED) is 0.345. The average Bonchev–Trinajstić information content (AvgIpc) is 3.32. The van der Waals surface area contributed by atoms with Crippen LogP contribution in [0.2, 0.25) is 0 Å². The molecule has 0 saturated carbocycles. The molecular formula is C26H25F3N6O. The van der Waals surface area contributed by atoms with Gasteiger partial charge in [0.15, 0.2) is 5.82 Å². The number of imidazole rings is 1. The summed E-state index contributed by atoms with van der Waals surface area (Å²) in [5, 5.41) is 6.24. The third-order valence-electron chi connectivity index (χ3n) is 6.29. The highest BCUT2D eigenvalue weighted by molar-refractivity contribution is 5.89. The van der Waals surface area contributed by atoms with Gasteiger partial charge in [0.05, 0.1) is 16.6 Å². The highest BCUT2D eigenvalue weighted by Gasteiger charge is 2.30. The second-order valence-electron chi connectivity index (χ2n) is 8.80. The molecule has 1 aliphatic heterocycles. The predicted octanol–water partition coefficient (Wildman–Crippen LogP) is 5.43. The summed E-state index contributed by atoms with van der Waals surface area (Å²) >= 11 is 0. The van der Waals surface area contributed by atoms with Gasteiger partial charge < -0.3 is 20.5 Å². The largest absolute Gasteiger partial charge is 0.416 e. The summed E-state index contributed by atoms with van der Waals surface area (Å²) in [5.74, 6) is 0.734. The maximum atomic E-state index is 12.7. The number of carbonyl (C=O) groups is 1. The Labute approximate surface area is 205 Å². The van der Waals surface area contributed by atoms with Gasteiger partial charge in [-0.05, 0) is 66.9 Å². The number of urea groups is 1. The Bertz CT molecular complexity index is 1330. The predicted molar refractivity (Wildman–Crippen MR) is 131 cm³/mol. The number of aromatic amines is 1. The lowest BCUT2D eigenvalue weighted by atomic mass is 10.0. The number of anilines is 1. The molecule has 186 valence electrons. The normalized spacial score (nSPS) is 14.8. The zero-order valence-corrected chi connectivity index (χ0v) is 19.3. The fourth-order valence-corrected chi connectivity index (χ4v) is 4.28. The van der Waals surface area contributed by atoms with Crippen LogP contribution in [0.15, 0.2) is 66.9 Å². The molecule has 5 rings (SSSR count). The number of amides is 2. The minimum atomic E-state index is -4.40. The van der Waals surface area contributed by atoms with Crippen molar-refractivity contribution >= 4 is 22.8 Å². The molecule has 3 heterocycles. The van der Waals surface area contributed by atoms with Gasteiger partial charge in [0.1, 0.15) is 5.69 Å². The molecule has 2 aromatic carbocycles. The first kappa shape index (κ1) is 23.8. The number of H-pyrrole nitrogens is 1. The van der Waals surface area contributed by atoms with E-state index in [0.717, 1.165) is 53.1 Å². The molecule has 4 aromatic rings. The molecule has 1 fully saturated rings. The van der Waals surface area contributed by atoms with E-state index in [-0.39, 0.29) is 12.1 Å². The van der Waals surface area contributed by atoms with Gasteiger partial charge in [-0.2, -0.15) is 13.2 Å². The average molecular weight is 495 g/mol. The van der Waals surface area contributed by atoms with Crippen molar-refractivity contribution in [2.24, 2.45) is 0 Å². The number of piperidine rings is 1. The first-order valence-corrected chi connectivity index (χ1v) is 11.7. The van der Waals surface area contributed by atoms with Crippen LogP contribution in [-0.4, -0.2) is 45.0 Å². The van der Waals surface area contributed by atoms with Crippen LogP contribution in [0, 0.1) is 0 Å². The van der Waals surface area contributed by atoms with Crippen LogP contribution in [0.3, 0.4) is 0 Å². The Morgan fingerprint density at radius 2 is 1.83 bits per heavy atom. The molecule has 36 heavy (non-hydrogen) atoms. The standard InChI is InChI=1S/C26H25F3N6O/c27-26(28,29)18-5-7-20(8-6-18)32-25(36)35-13-10-19(11-14-35)31-16-17-4-9-21-23(15-17)34-24(33-21)22-3-1-2-12-30-22/h1-9,12,15,19,31H,10-11,13-14,16H2,(H,32,36)(H,33,34). The van der Waals surface area contributed by atoms with Crippen molar-refractivity contribution in [2.75, 3.05) is 18.4 Å². The van der Waals surface area contributed by atoms with Crippen molar-refractivity contribution in [1.82, 2.24) is 25.2 Å². The topological polar surface area (TPSA) is 85.9 Å². The van der Waals surface area contributed by atoms with Crippen molar-refractivity contribution in [3.05, 3.63) is 78.0 Å². The summed E-state index contributed by atoms with van der Waals surface area (Å²) in [4.78, 5) is 26.5. The van der Waals surface area contributed by atoms with Crippen LogP contribution in [-0.2, 0) is 12.7 Å². The lowest BCUT2D eigenvalue weighted by molar-refractivity contribution is -0.137. The smallest absolute Gasteiger partial charge is 0.337 e. The molecule has 0 spiro atoms. The fourth-order valence-electron chi connectivity index (χ4n) is 4.28. The molecule has 0 radical (unpaired) electrons. The van der Waals surface area contributed by atoms with Gasteiger partial charge in [-0.1, -0.05) is 12.1 Å². The third kappa shape index (κ3) is 5.49. The number of benzene rings is 2. The summed E-state index contributed by atoms with van der Waals surface area (Å²) in [6, 6.07) is 16.2. The maximum absolute atomic E-state index is 12.7. The number of likely N-dealkylation sites (tertiary alicyclic amines) is 1. The van der Waals surface area contributed by atoms with E-state index in [0.29, 0.717) is 25.3 Å². The van der Waals surface area contributed by atoms with Crippen molar-refractivity contribution in [3.8, 4) is 11.5 Å². The second-order valence-corrected chi connectivity index (χ2v) is 8.80. The minimum absolute atomic E-state index is 0.265. The first-order chi connectivity index (χ1) is 17.3. The van der Waals surface area contributed by atoms with Gasteiger partial charge in [-0.3, -0.25) is 4.98 Å². The number of carbonyl (C=O) groups excluding carboxylic acids is 1. The number of pyridine rings is 1.